The molecule has 0 aliphatic carbocycles. The number of nitrogens with zero attached hydrogens (tertiary/aromatic N) is 2. The van der Waals surface area contributed by atoms with Crippen molar-refractivity contribution in [3.63, 3.8) is 0 Å². The van der Waals surface area contributed by atoms with E-state index in [0.717, 1.165) is 50.1 Å². The van der Waals surface area contributed by atoms with Crippen molar-refractivity contribution in [2.75, 3.05) is 39.8 Å². The van der Waals surface area contributed by atoms with Crippen LogP contribution in [0.5, 0.6) is 0 Å². The Labute approximate surface area is 156 Å². The van der Waals surface area contributed by atoms with Crippen LogP contribution in [0.1, 0.15) is 30.4 Å². The summed E-state index contributed by atoms with van der Waals surface area (Å²) in [5.41, 5.74) is 2.32. The predicted octanol–water partition coefficient (Wildman–Crippen LogP) is 1.53. The number of nitrogens with one attached hydrogen (secondary N) is 1. The maximum absolute atomic E-state index is 12.8. The molecule has 2 fully saturated rings. The van der Waals surface area contributed by atoms with Crippen molar-refractivity contribution in [1.29, 1.82) is 0 Å². The van der Waals surface area contributed by atoms with Crippen molar-refractivity contribution in [3.8, 4) is 0 Å². The number of piperidine rings is 1. The molecular formula is C19H29N3O3S. The van der Waals surface area contributed by atoms with E-state index in [1.807, 2.05) is 18.7 Å². The molecule has 2 aliphatic heterocycles. The minimum Gasteiger partial charge on any atom is -0.342 e. The molecule has 0 saturated carbocycles. The lowest BCUT2D eigenvalue weighted by atomic mass is 9.78. The maximum atomic E-state index is 12.8. The van der Waals surface area contributed by atoms with Crippen molar-refractivity contribution < 1.29 is 13.2 Å². The summed E-state index contributed by atoms with van der Waals surface area (Å²) in [4.78, 5) is 14.7. The Hall–Kier alpha value is -1.44. The van der Waals surface area contributed by atoms with Gasteiger partial charge in [-0.1, -0.05) is 6.07 Å². The monoisotopic (exact) mass is 379 g/mol. The van der Waals surface area contributed by atoms with Gasteiger partial charge in [-0.3, -0.25) is 4.79 Å². The quantitative estimate of drug-likeness (QED) is 0.861. The Bertz CT molecular complexity index is 775. The van der Waals surface area contributed by atoms with E-state index in [1.54, 1.807) is 18.2 Å². The van der Waals surface area contributed by atoms with E-state index < -0.39 is 10.0 Å². The van der Waals surface area contributed by atoms with Crippen LogP contribution in [0.25, 0.3) is 0 Å². The number of benzene rings is 1. The van der Waals surface area contributed by atoms with Crippen LogP contribution >= 0.6 is 0 Å². The molecule has 2 heterocycles. The van der Waals surface area contributed by atoms with Gasteiger partial charge < -0.3 is 10.2 Å². The molecule has 1 amide bonds. The number of carbonyl (C=O) groups excluding carboxylic acids is 1. The largest absolute Gasteiger partial charge is 0.342 e. The topological polar surface area (TPSA) is 69.7 Å². The van der Waals surface area contributed by atoms with Gasteiger partial charge in [-0.15, -0.1) is 0 Å². The molecule has 0 aromatic heterocycles. The summed E-state index contributed by atoms with van der Waals surface area (Å²) in [6.45, 7) is 7.26. The summed E-state index contributed by atoms with van der Waals surface area (Å²) >= 11 is 0. The number of rotatable bonds is 4. The first-order valence-corrected chi connectivity index (χ1v) is 10.7. The fourth-order valence-corrected chi connectivity index (χ4v) is 5.09. The molecule has 3 rings (SSSR count). The summed E-state index contributed by atoms with van der Waals surface area (Å²) in [6, 6.07) is 5.08. The maximum Gasteiger partial charge on any atom is 0.243 e. The highest BCUT2D eigenvalue weighted by Gasteiger charge is 2.38. The molecule has 2 aliphatic rings. The van der Waals surface area contributed by atoms with Crippen LogP contribution in [-0.2, 0) is 14.8 Å². The van der Waals surface area contributed by atoms with Crippen molar-refractivity contribution in [2.24, 2.45) is 5.41 Å². The zero-order valence-corrected chi connectivity index (χ0v) is 16.7. The number of hydrogen-bond acceptors (Lipinski definition) is 4. The second-order valence-corrected chi connectivity index (χ2v) is 9.86. The minimum atomic E-state index is -3.66. The third-order valence-corrected chi connectivity index (χ3v) is 7.85. The first-order chi connectivity index (χ1) is 12.2. The molecule has 0 radical (unpaired) electrons. The summed E-state index contributed by atoms with van der Waals surface area (Å²) in [5.74, 6) is -0.110. The zero-order valence-electron chi connectivity index (χ0n) is 15.9. The van der Waals surface area contributed by atoms with Crippen molar-refractivity contribution in [3.05, 3.63) is 29.3 Å². The molecular weight excluding hydrogens is 350 g/mol. The highest BCUT2D eigenvalue weighted by atomic mass is 32.2. The Morgan fingerprint density at radius 2 is 1.88 bits per heavy atom. The number of carbonyl (C=O) groups is 1. The van der Waals surface area contributed by atoms with Gasteiger partial charge >= 0.3 is 0 Å². The summed E-state index contributed by atoms with van der Waals surface area (Å²) in [7, 11) is -2.18. The molecule has 1 N–H and O–H groups in total. The lowest BCUT2D eigenvalue weighted by molar-refractivity contribution is -0.133. The Morgan fingerprint density at radius 1 is 1.19 bits per heavy atom. The highest BCUT2D eigenvalue weighted by Crippen LogP contribution is 2.36. The van der Waals surface area contributed by atoms with Crippen LogP contribution in [0.3, 0.4) is 0 Å². The standard InChI is InChI=1S/C19H29N3O3S/c1-15-4-5-17(12-16(15)2)26(24,25)21(3)13-18(23)22-10-7-19(8-11-22)6-9-20-14-19/h4-5,12,20H,6-11,13-14H2,1-3H3. The summed E-state index contributed by atoms with van der Waals surface area (Å²) < 4.78 is 26.7. The Morgan fingerprint density at radius 3 is 2.46 bits per heavy atom. The SMILES string of the molecule is Cc1ccc(S(=O)(=O)N(C)CC(=O)N2CCC3(CCNC3)CC2)cc1C. The Kier molecular flexibility index (Phi) is 5.42. The number of sulfonamides is 1. The molecule has 26 heavy (non-hydrogen) atoms. The van der Waals surface area contributed by atoms with Gasteiger partial charge in [0.1, 0.15) is 0 Å². The second kappa shape index (κ2) is 7.29. The highest BCUT2D eigenvalue weighted by molar-refractivity contribution is 7.89. The van der Waals surface area contributed by atoms with Crippen LogP contribution in [0.4, 0.5) is 0 Å². The summed E-state index contributed by atoms with van der Waals surface area (Å²) in [6.07, 6.45) is 3.18. The first-order valence-electron chi connectivity index (χ1n) is 9.26. The van der Waals surface area contributed by atoms with Crippen LogP contribution < -0.4 is 5.32 Å². The smallest absolute Gasteiger partial charge is 0.243 e. The van der Waals surface area contributed by atoms with E-state index in [1.165, 1.54) is 17.8 Å². The molecule has 2 saturated heterocycles. The van der Waals surface area contributed by atoms with Crippen molar-refractivity contribution in [1.82, 2.24) is 14.5 Å². The van der Waals surface area contributed by atoms with Gasteiger partial charge in [0.15, 0.2) is 0 Å². The number of amides is 1. The Balaban J connectivity index is 1.62. The molecule has 144 valence electrons. The van der Waals surface area contributed by atoms with Gasteiger partial charge in [0, 0.05) is 26.7 Å². The normalized spacial score (nSPS) is 20.1. The van der Waals surface area contributed by atoms with Gasteiger partial charge in [0.2, 0.25) is 15.9 Å². The van der Waals surface area contributed by atoms with Gasteiger partial charge in [-0.2, -0.15) is 4.31 Å². The van der Waals surface area contributed by atoms with Crippen LogP contribution in [0.15, 0.2) is 23.1 Å². The van der Waals surface area contributed by atoms with Gasteiger partial charge in [-0.05, 0) is 68.3 Å². The lowest BCUT2D eigenvalue weighted by Crippen LogP contribution is -2.47. The number of likely N-dealkylation sites (N-methyl/N-ethyl adjacent to an activating group) is 1. The van der Waals surface area contributed by atoms with Crippen molar-refractivity contribution >= 4 is 15.9 Å². The lowest BCUT2D eigenvalue weighted by Gasteiger charge is -2.39. The van der Waals surface area contributed by atoms with Gasteiger partial charge in [0.05, 0.1) is 11.4 Å². The van der Waals surface area contributed by atoms with E-state index >= 15 is 0 Å². The van der Waals surface area contributed by atoms with Crippen LogP contribution in [-0.4, -0.2) is 63.3 Å². The van der Waals surface area contributed by atoms with E-state index in [0.29, 0.717) is 5.41 Å². The number of aryl methyl sites for hydroxylation is 2. The average Bonchev–Trinajstić information content (AvgIpc) is 3.05. The third-order valence-electron chi connectivity index (χ3n) is 6.05. The molecule has 0 bridgehead atoms. The fourth-order valence-electron chi connectivity index (χ4n) is 3.88. The molecule has 0 atom stereocenters. The molecule has 1 spiro atoms. The van der Waals surface area contributed by atoms with E-state index in [4.69, 9.17) is 0 Å². The van der Waals surface area contributed by atoms with E-state index in [-0.39, 0.29) is 17.3 Å². The van der Waals surface area contributed by atoms with E-state index in [9.17, 15) is 13.2 Å². The molecule has 0 unspecified atom stereocenters. The van der Waals surface area contributed by atoms with Crippen LogP contribution in [0.2, 0.25) is 0 Å². The van der Waals surface area contributed by atoms with Gasteiger partial charge in [-0.25, -0.2) is 8.42 Å². The fraction of sp³-hybridized carbons (Fsp3) is 0.632. The zero-order chi connectivity index (χ0) is 18.9. The number of hydrogen-bond donors (Lipinski definition) is 1. The van der Waals surface area contributed by atoms with Gasteiger partial charge in [0.25, 0.3) is 0 Å². The van der Waals surface area contributed by atoms with Crippen molar-refractivity contribution in [2.45, 2.75) is 38.0 Å². The van der Waals surface area contributed by atoms with E-state index in [2.05, 4.69) is 5.32 Å². The molecule has 1 aromatic carbocycles. The minimum absolute atomic E-state index is 0.110. The first kappa shape index (κ1) is 19.3. The molecule has 7 heteroatoms. The molecule has 6 nitrogen and oxygen atoms in total. The average molecular weight is 380 g/mol. The summed E-state index contributed by atoms with van der Waals surface area (Å²) in [5, 5.41) is 3.41. The predicted molar refractivity (Wildman–Crippen MR) is 101 cm³/mol. The third kappa shape index (κ3) is 3.80. The number of likely N-dealkylation sites (tertiary alicyclic amines) is 1. The van der Waals surface area contributed by atoms with Crippen LogP contribution in [0, 0.1) is 19.3 Å². The molecule has 1 aromatic rings. The second-order valence-electron chi connectivity index (χ2n) is 7.81.